The highest BCUT2D eigenvalue weighted by Crippen LogP contribution is 2.29. The van der Waals surface area contributed by atoms with Crippen molar-refractivity contribution in [2.24, 2.45) is 0 Å². The SMILES string of the molecule is CCOc1cc(OCCCc2cn(-c3ccc(C(F)(F)F)cn3)nc2OC)ccc1CCC(=O)O. The number of benzene rings is 1. The summed E-state index contributed by atoms with van der Waals surface area (Å²) in [7, 11) is 1.47. The second kappa shape index (κ2) is 11.6. The van der Waals surface area contributed by atoms with E-state index in [4.69, 9.17) is 19.3 Å². The zero-order valence-corrected chi connectivity index (χ0v) is 19.3. The Morgan fingerprint density at radius 1 is 1.11 bits per heavy atom. The van der Waals surface area contributed by atoms with Crippen molar-refractivity contribution in [2.45, 2.75) is 38.8 Å². The highest BCUT2D eigenvalue weighted by Gasteiger charge is 2.30. The number of aliphatic carboxylic acids is 1. The molecule has 3 rings (SSSR count). The molecule has 0 fully saturated rings. The van der Waals surface area contributed by atoms with E-state index >= 15 is 0 Å². The number of carboxylic acids is 1. The Morgan fingerprint density at radius 2 is 1.91 bits per heavy atom. The third-order valence-electron chi connectivity index (χ3n) is 5.06. The summed E-state index contributed by atoms with van der Waals surface area (Å²) in [6.07, 6.45) is -0.480. The molecule has 0 saturated carbocycles. The molecule has 11 heteroatoms. The van der Waals surface area contributed by atoms with Crippen LogP contribution in [-0.4, -0.2) is 46.2 Å². The maximum atomic E-state index is 12.8. The van der Waals surface area contributed by atoms with Crippen molar-refractivity contribution < 1.29 is 37.3 Å². The first-order chi connectivity index (χ1) is 16.7. The molecule has 2 aromatic heterocycles. The first-order valence-electron chi connectivity index (χ1n) is 11.0. The lowest BCUT2D eigenvalue weighted by Crippen LogP contribution is -2.07. The lowest BCUT2D eigenvalue weighted by atomic mass is 10.1. The van der Waals surface area contributed by atoms with Crippen molar-refractivity contribution in [1.82, 2.24) is 14.8 Å². The van der Waals surface area contributed by atoms with Crippen molar-refractivity contribution in [3.05, 3.63) is 59.4 Å². The molecular formula is C24H26F3N3O5. The fourth-order valence-electron chi connectivity index (χ4n) is 3.36. The van der Waals surface area contributed by atoms with Gasteiger partial charge in [-0.05, 0) is 49.9 Å². The molecule has 0 atom stereocenters. The molecule has 0 aliphatic rings. The summed E-state index contributed by atoms with van der Waals surface area (Å²) in [4.78, 5) is 14.7. The predicted octanol–water partition coefficient (Wildman–Crippen LogP) is 4.72. The Morgan fingerprint density at radius 3 is 2.54 bits per heavy atom. The van der Waals surface area contributed by atoms with Crippen LogP contribution in [0.5, 0.6) is 17.4 Å². The number of halogens is 3. The zero-order valence-electron chi connectivity index (χ0n) is 19.3. The maximum Gasteiger partial charge on any atom is 0.417 e. The molecule has 3 aromatic rings. The van der Waals surface area contributed by atoms with E-state index in [2.05, 4.69) is 10.1 Å². The van der Waals surface area contributed by atoms with Gasteiger partial charge in [0.2, 0.25) is 5.88 Å². The molecule has 0 unspecified atom stereocenters. The molecule has 1 aromatic carbocycles. The average molecular weight is 493 g/mol. The lowest BCUT2D eigenvalue weighted by molar-refractivity contribution is -0.138. The van der Waals surface area contributed by atoms with Gasteiger partial charge in [0, 0.05) is 30.4 Å². The number of nitrogens with zero attached hydrogens (tertiary/aromatic N) is 3. The second-order valence-electron chi connectivity index (χ2n) is 7.56. The predicted molar refractivity (Wildman–Crippen MR) is 120 cm³/mol. The number of carboxylic acid groups (broad SMARTS) is 1. The third-order valence-corrected chi connectivity index (χ3v) is 5.06. The second-order valence-corrected chi connectivity index (χ2v) is 7.56. The molecule has 0 amide bonds. The molecule has 2 heterocycles. The van der Waals surface area contributed by atoms with E-state index < -0.39 is 17.7 Å². The number of methoxy groups -OCH3 is 1. The Kier molecular flexibility index (Phi) is 8.56. The number of rotatable bonds is 12. The number of alkyl halides is 3. The minimum absolute atomic E-state index is 0.0117. The van der Waals surface area contributed by atoms with Crippen molar-refractivity contribution in [3.63, 3.8) is 0 Å². The minimum Gasteiger partial charge on any atom is -0.493 e. The Bertz CT molecular complexity index is 1130. The molecule has 0 radical (unpaired) electrons. The standard InChI is InChI=1S/C24H26F3N3O5/c1-3-34-20-13-19(9-6-16(20)7-11-22(31)32)35-12-4-5-17-15-30(29-23(17)33-2)21-10-8-18(14-28-21)24(25,26)27/h6,8-10,13-15H,3-5,7,11-12H2,1-2H3,(H,31,32). The van der Waals surface area contributed by atoms with Crippen LogP contribution in [0.15, 0.2) is 42.7 Å². The van der Waals surface area contributed by atoms with Gasteiger partial charge in [-0.2, -0.15) is 13.2 Å². The summed E-state index contributed by atoms with van der Waals surface area (Å²) in [5.74, 6) is 0.918. The molecule has 1 N–H and O–H groups in total. The van der Waals surface area contributed by atoms with Crippen LogP contribution in [-0.2, 0) is 23.8 Å². The van der Waals surface area contributed by atoms with E-state index in [0.29, 0.717) is 49.9 Å². The number of hydrogen-bond donors (Lipinski definition) is 1. The number of pyridine rings is 1. The fraction of sp³-hybridized carbons (Fsp3) is 0.375. The van der Waals surface area contributed by atoms with Crippen molar-refractivity contribution in [2.75, 3.05) is 20.3 Å². The summed E-state index contributed by atoms with van der Waals surface area (Å²) in [6.45, 7) is 2.68. The highest BCUT2D eigenvalue weighted by atomic mass is 19.4. The first kappa shape index (κ1) is 25.9. The van der Waals surface area contributed by atoms with Gasteiger partial charge in [0.05, 0.1) is 25.9 Å². The molecule has 0 aliphatic heterocycles. The quantitative estimate of drug-likeness (QED) is 0.365. The summed E-state index contributed by atoms with van der Waals surface area (Å²) in [5.41, 5.74) is 0.729. The molecule has 8 nitrogen and oxygen atoms in total. The van der Waals surface area contributed by atoms with Crippen LogP contribution in [0.2, 0.25) is 0 Å². The summed E-state index contributed by atoms with van der Waals surface area (Å²) in [6, 6.07) is 7.52. The monoisotopic (exact) mass is 493 g/mol. The molecule has 35 heavy (non-hydrogen) atoms. The summed E-state index contributed by atoms with van der Waals surface area (Å²) >= 11 is 0. The Balaban J connectivity index is 1.60. The van der Waals surface area contributed by atoms with E-state index in [1.54, 1.807) is 24.4 Å². The van der Waals surface area contributed by atoms with E-state index in [1.807, 2.05) is 6.92 Å². The van der Waals surface area contributed by atoms with Gasteiger partial charge in [0.15, 0.2) is 5.82 Å². The average Bonchev–Trinajstić information content (AvgIpc) is 3.24. The van der Waals surface area contributed by atoms with Crippen molar-refractivity contribution >= 4 is 5.97 Å². The first-order valence-corrected chi connectivity index (χ1v) is 11.0. The number of hydrogen-bond acceptors (Lipinski definition) is 6. The van der Waals surface area contributed by atoms with Crippen LogP contribution in [0.1, 0.15) is 36.5 Å². The highest BCUT2D eigenvalue weighted by molar-refractivity contribution is 5.67. The molecule has 0 aliphatic carbocycles. The van der Waals surface area contributed by atoms with Gasteiger partial charge in [-0.25, -0.2) is 9.67 Å². The lowest BCUT2D eigenvalue weighted by Gasteiger charge is -2.12. The van der Waals surface area contributed by atoms with Gasteiger partial charge in [-0.1, -0.05) is 6.07 Å². The fourth-order valence-corrected chi connectivity index (χ4v) is 3.36. The van der Waals surface area contributed by atoms with Crippen LogP contribution in [0.3, 0.4) is 0 Å². The van der Waals surface area contributed by atoms with E-state index in [0.717, 1.165) is 23.4 Å². The normalized spacial score (nSPS) is 11.3. The smallest absolute Gasteiger partial charge is 0.417 e. The molecule has 188 valence electrons. The van der Waals surface area contributed by atoms with Crippen LogP contribution >= 0.6 is 0 Å². The van der Waals surface area contributed by atoms with Gasteiger partial charge in [-0.15, -0.1) is 5.10 Å². The molecule has 0 spiro atoms. The minimum atomic E-state index is -4.46. The largest absolute Gasteiger partial charge is 0.493 e. The van der Waals surface area contributed by atoms with Gasteiger partial charge in [0.25, 0.3) is 0 Å². The number of aryl methyl sites for hydroxylation is 2. The number of aromatic nitrogens is 3. The molecular weight excluding hydrogens is 467 g/mol. The summed E-state index contributed by atoms with van der Waals surface area (Å²) < 4.78 is 56.4. The van der Waals surface area contributed by atoms with Gasteiger partial charge in [0.1, 0.15) is 11.5 Å². The molecule has 0 bridgehead atoms. The van der Waals surface area contributed by atoms with Gasteiger partial charge >= 0.3 is 12.1 Å². The Hall–Kier alpha value is -3.76. The van der Waals surface area contributed by atoms with Crippen molar-refractivity contribution in [3.8, 4) is 23.2 Å². The number of carbonyl (C=O) groups is 1. The van der Waals surface area contributed by atoms with E-state index in [1.165, 1.54) is 17.9 Å². The Labute approximate surface area is 200 Å². The summed E-state index contributed by atoms with van der Waals surface area (Å²) in [5, 5.41) is 13.2. The number of ether oxygens (including phenoxy) is 3. The van der Waals surface area contributed by atoms with Crippen LogP contribution in [0.4, 0.5) is 13.2 Å². The van der Waals surface area contributed by atoms with E-state index in [-0.39, 0.29) is 12.2 Å². The molecule has 0 saturated heterocycles. The van der Waals surface area contributed by atoms with Crippen LogP contribution in [0, 0.1) is 0 Å². The van der Waals surface area contributed by atoms with Crippen LogP contribution in [0.25, 0.3) is 5.82 Å². The van der Waals surface area contributed by atoms with Gasteiger partial charge < -0.3 is 19.3 Å². The topological polar surface area (TPSA) is 95.7 Å². The van der Waals surface area contributed by atoms with Crippen LogP contribution < -0.4 is 14.2 Å². The van der Waals surface area contributed by atoms with Gasteiger partial charge in [-0.3, -0.25) is 4.79 Å². The maximum absolute atomic E-state index is 12.8. The van der Waals surface area contributed by atoms with E-state index in [9.17, 15) is 18.0 Å². The zero-order chi connectivity index (χ0) is 25.4. The van der Waals surface area contributed by atoms with Crippen molar-refractivity contribution in [1.29, 1.82) is 0 Å². The third kappa shape index (κ3) is 7.11.